The van der Waals surface area contributed by atoms with E-state index in [2.05, 4.69) is 0 Å². The Labute approximate surface area is 103 Å². The van der Waals surface area contributed by atoms with Crippen molar-refractivity contribution in [3.05, 3.63) is 29.3 Å². The highest BCUT2D eigenvalue weighted by Crippen LogP contribution is 2.22. The highest BCUT2D eigenvalue weighted by Gasteiger charge is 2.29. The van der Waals surface area contributed by atoms with Gasteiger partial charge < -0.3 is 0 Å². The number of aryl methyl sites for hydroxylation is 2. The molecule has 0 saturated heterocycles. The molecular formula is C13H18O3S. The summed E-state index contributed by atoms with van der Waals surface area (Å²) >= 11 is 0. The molecule has 0 radical (unpaired) electrons. The summed E-state index contributed by atoms with van der Waals surface area (Å²) in [7, 11) is -3.55. The second-order valence-corrected chi connectivity index (χ2v) is 6.51. The van der Waals surface area contributed by atoms with Crippen LogP contribution in [0.5, 0.6) is 0 Å². The minimum Gasteiger partial charge on any atom is -0.298 e. The van der Waals surface area contributed by atoms with Crippen LogP contribution in [-0.4, -0.2) is 19.5 Å². The average Bonchev–Trinajstić information content (AvgIpc) is 2.26. The van der Waals surface area contributed by atoms with Gasteiger partial charge in [-0.15, -0.1) is 0 Å². The second kappa shape index (κ2) is 5.00. The normalized spacial score (nSPS) is 13.4. The lowest BCUT2D eigenvalue weighted by Crippen LogP contribution is -2.27. The molecule has 17 heavy (non-hydrogen) atoms. The molecule has 0 aromatic heterocycles. The molecule has 1 aromatic rings. The first-order valence-electron chi connectivity index (χ1n) is 5.64. The van der Waals surface area contributed by atoms with Crippen molar-refractivity contribution in [3.8, 4) is 0 Å². The molecule has 4 heteroatoms. The first-order chi connectivity index (χ1) is 7.80. The number of hydrogen-bond donors (Lipinski definition) is 0. The second-order valence-electron chi connectivity index (χ2n) is 4.28. The maximum absolute atomic E-state index is 12.2. The standard InChI is InChI=1S/C13H18O3S/c1-5-12(14)11(4)17(15,16)13-7-6-9(2)8-10(13)3/h6-8,11H,5H2,1-4H3. The molecule has 1 rings (SSSR count). The van der Waals surface area contributed by atoms with Crippen molar-refractivity contribution in [3.63, 3.8) is 0 Å². The van der Waals surface area contributed by atoms with E-state index >= 15 is 0 Å². The van der Waals surface area contributed by atoms with Crippen LogP contribution in [0.1, 0.15) is 31.4 Å². The lowest BCUT2D eigenvalue weighted by atomic mass is 10.2. The minimum absolute atomic E-state index is 0.241. The summed E-state index contributed by atoms with van der Waals surface area (Å²) in [5.41, 5.74) is 1.71. The van der Waals surface area contributed by atoms with E-state index in [-0.39, 0.29) is 17.1 Å². The van der Waals surface area contributed by atoms with Crippen molar-refractivity contribution in [2.24, 2.45) is 0 Å². The molecule has 0 N–H and O–H groups in total. The van der Waals surface area contributed by atoms with Crippen LogP contribution in [0.3, 0.4) is 0 Å². The van der Waals surface area contributed by atoms with Gasteiger partial charge in [0.25, 0.3) is 0 Å². The number of carbonyl (C=O) groups is 1. The van der Waals surface area contributed by atoms with Gasteiger partial charge >= 0.3 is 0 Å². The Morgan fingerprint density at radius 3 is 2.35 bits per heavy atom. The molecule has 0 amide bonds. The molecule has 1 unspecified atom stereocenters. The van der Waals surface area contributed by atoms with Gasteiger partial charge in [-0.3, -0.25) is 4.79 Å². The number of carbonyl (C=O) groups excluding carboxylic acids is 1. The van der Waals surface area contributed by atoms with E-state index < -0.39 is 15.1 Å². The first-order valence-corrected chi connectivity index (χ1v) is 7.19. The summed E-state index contributed by atoms with van der Waals surface area (Å²) in [5, 5.41) is -0.964. The number of ketones is 1. The molecule has 0 aliphatic rings. The minimum atomic E-state index is -3.55. The van der Waals surface area contributed by atoms with Gasteiger partial charge in [0, 0.05) is 6.42 Å². The van der Waals surface area contributed by atoms with Crippen molar-refractivity contribution in [2.45, 2.75) is 44.3 Å². The van der Waals surface area contributed by atoms with Crippen molar-refractivity contribution in [1.82, 2.24) is 0 Å². The fourth-order valence-corrected chi connectivity index (χ4v) is 3.43. The van der Waals surface area contributed by atoms with Crippen molar-refractivity contribution in [2.75, 3.05) is 0 Å². The fourth-order valence-electron chi connectivity index (χ4n) is 1.77. The molecule has 0 fully saturated rings. The Hall–Kier alpha value is -1.16. The Balaban J connectivity index is 3.27. The van der Waals surface area contributed by atoms with Gasteiger partial charge in [0.05, 0.1) is 4.90 Å². The Morgan fingerprint density at radius 1 is 1.29 bits per heavy atom. The van der Waals surface area contributed by atoms with Crippen LogP contribution in [0.15, 0.2) is 23.1 Å². The summed E-state index contributed by atoms with van der Waals surface area (Å²) in [6.45, 7) is 6.80. The van der Waals surface area contributed by atoms with Gasteiger partial charge in [0.1, 0.15) is 5.25 Å². The number of hydrogen-bond acceptors (Lipinski definition) is 3. The van der Waals surface area contributed by atoms with Gasteiger partial charge in [-0.2, -0.15) is 0 Å². The van der Waals surface area contributed by atoms with E-state index in [0.717, 1.165) is 5.56 Å². The Bertz CT molecular complexity index is 530. The number of sulfone groups is 1. The molecule has 0 bridgehead atoms. The van der Waals surface area contributed by atoms with E-state index in [9.17, 15) is 13.2 Å². The van der Waals surface area contributed by atoms with Crippen molar-refractivity contribution in [1.29, 1.82) is 0 Å². The molecule has 0 saturated carbocycles. The van der Waals surface area contributed by atoms with E-state index in [4.69, 9.17) is 0 Å². The third-order valence-electron chi connectivity index (χ3n) is 2.90. The summed E-state index contributed by atoms with van der Waals surface area (Å²) in [4.78, 5) is 11.8. The van der Waals surface area contributed by atoms with Crippen molar-refractivity contribution >= 4 is 15.6 Å². The van der Waals surface area contributed by atoms with E-state index in [1.165, 1.54) is 6.92 Å². The summed E-state index contributed by atoms with van der Waals surface area (Å²) < 4.78 is 24.5. The SMILES string of the molecule is CCC(=O)C(C)S(=O)(=O)c1ccc(C)cc1C. The smallest absolute Gasteiger partial charge is 0.188 e. The molecular weight excluding hydrogens is 236 g/mol. The van der Waals surface area contributed by atoms with Crippen LogP contribution in [0.2, 0.25) is 0 Å². The zero-order valence-electron chi connectivity index (χ0n) is 10.6. The average molecular weight is 254 g/mol. The fraction of sp³-hybridized carbons (Fsp3) is 0.462. The van der Waals surface area contributed by atoms with Gasteiger partial charge in [-0.25, -0.2) is 8.42 Å². The zero-order chi connectivity index (χ0) is 13.2. The van der Waals surface area contributed by atoms with E-state index in [1.54, 1.807) is 26.0 Å². The van der Waals surface area contributed by atoms with E-state index in [1.807, 2.05) is 13.0 Å². The predicted molar refractivity (Wildman–Crippen MR) is 67.9 cm³/mol. The molecule has 0 aliphatic carbocycles. The first kappa shape index (κ1) is 13.9. The molecule has 0 heterocycles. The van der Waals surface area contributed by atoms with Crippen LogP contribution in [-0.2, 0) is 14.6 Å². The van der Waals surface area contributed by atoms with Crippen LogP contribution < -0.4 is 0 Å². The van der Waals surface area contributed by atoms with Gasteiger partial charge in [-0.05, 0) is 32.4 Å². The summed E-state index contributed by atoms with van der Waals surface area (Å²) in [6, 6.07) is 5.15. The molecule has 94 valence electrons. The van der Waals surface area contributed by atoms with Gasteiger partial charge in [-0.1, -0.05) is 24.6 Å². The Morgan fingerprint density at radius 2 is 1.88 bits per heavy atom. The molecule has 0 spiro atoms. The summed E-state index contributed by atoms with van der Waals surface area (Å²) in [5.74, 6) is -0.245. The highest BCUT2D eigenvalue weighted by atomic mass is 32.2. The summed E-state index contributed by atoms with van der Waals surface area (Å²) in [6.07, 6.45) is 0.241. The van der Waals surface area contributed by atoms with Gasteiger partial charge in [0.15, 0.2) is 15.6 Å². The predicted octanol–water partition coefficient (Wildman–Crippen LogP) is 2.44. The highest BCUT2D eigenvalue weighted by molar-refractivity contribution is 7.92. The number of Topliss-reactive ketones (excluding diaryl/α,β-unsaturated/α-hetero) is 1. The third-order valence-corrected chi connectivity index (χ3v) is 5.17. The van der Waals surface area contributed by atoms with Crippen LogP contribution >= 0.6 is 0 Å². The third kappa shape index (κ3) is 2.75. The maximum atomic E-state index is 12.2. The lowest BCUT2D eigenvalue weighted by molar-refractivity contribution is -0.118. The molecule has 1 atom stereocenters. The lowest BCUT2D eigenvalue weighted by Gasteiger charge is -2.13. The maximum Gasteiger partial charge on any atom is 0.188 e. The Kier molecular flexibility index (Phi) is 4.09. The van der Waals surface area contributed by atoms with Crippen LogP contribution in [0, 0.1) is 13.8 Å². The largest absolute Gasteiger partial charge is 0.298 e. The van der Waals surface area contributed by atoms with Crippen LogP contribution in [0.4, 0.5) is 0 Å². The quantitative estimate of drug-likeness (QED) is 0.829. The monoisotopic (exact) mass is 254 g/mol. The van der Waals surface area contributed by atoms with Crippen LogP contribution in [0.25, 0.3) is 0 Å². The number of benzene rings is 1. The molecule has 3 nitrogen and oxygen atoms in total. The van der Waals surface area contributed by atoms with E-state index in [0.29, 0.717) is 5.56 Å². The molecule has 0 aliphatic heterocycles. The number of rotatable bonds is 4. The van der Waals surface area contributed by atoms with Gasteiger partial charge in [0.2, 0.25) is 0 Å². The van der Waals surface area contributed by atoms with Crippen molar-refractivity contribution < 1.29 is 13.2 Å². The topological polar surface area (TPSA) is 51.2 Å². The molecule has 1 aromatic carbocycles. The zero-order valence-corrected chi connectivity index (χ0v) is 11.5.